The smallest absolute Gasteiger partial charge is 0.257 e. The summed E-state index contributed by atoms with van der Waals surface area (Å²) in [4.78, 5) is 24.9. The second kappa shape index (κ2) is 9.06. The molecule has 5 heteroatoms. The lowest BCUT2D eigenvalue weighted by molar-refractivity contribution is -0.114. The highest BCUT2D eigenvalue weighted by Crippen LogP contribution is 2.17. The summed E-state index contributed by atoms with van der Waals surface area (Å²) in [5.41, 5.74) is 2.99. The van der Waals surface area contributed by atoms with Crippen molar-refractivity contribution >= 4 is 28.9 Å². The van der Waals surface area contributed by atoms with E-state index in [9.17, 15) is 9.59 Å². The Morgan fingerprint density at radius 3 is 2.32 bits per heavy atom. The van der Waals surface area contributed by atoms with Gasteiger partial charge in [-0.1, -0.05) is 42.3 Å². The predicted molar refractivity (Wildman–Crippen MR) is 112 cm³/mol. The minimum absolute atomic E-state index is 0.0443. The first-order valence-corrected chi connectivity index (χ1v) is 8.71. The van der Waals surface area contributed by atoms with Crippen LogP contribution in [0.25, 0.3) is 0 Å². The predicted octanol–water partition coefficient (Wildman–Crippen LogP) is 3.97. The normalized spacial score (nSPS) is 9.82. The van der Waals surface area contributed by atoms with Gasteiger partial charge in [0, 0.05) is 16.9 Å². The zero-order valence-corrected chi connectivity index (χ0v) is 15.1. The molecule has 5 nitrogen and oxygen atoms in total. The molecule has 3 rings (SSSR count). The van der Waals surface area contributed by atoms with E-state index < -0.39 is 0 Å². The number of hydrogen-bond acceptors (Lipinski definition) is 3. The summed E-state index contributed by atoms with van der Waals surface area (Å²) in [5, 5.41) is 8.61. The lowest BCUT2D eigenvalue weighted by atomic mass is 10.1. The standard InChI is InChI=1S/C23H19N3O2/c1-2-17-9-8-12-19(15-17)24-16-22(27)26-21-14-7-6-13-20(21)23(28)25-18-10-4-3-5-11-18/h1,3-15,24H,16H2,(H,25,28)(H,26,27). The van der Waals surface area contributed by atoms with Crippen molar-refractivity contribution in [3.05, 3.63) is 90.0 Å². The quantitative estimate of drug-likeness (QED) is 0.576. The number of nitrogens with one attached hydrogen (secondary N) is 3. The van der Waals surface area contributed by atoms with Gasteiger partial charge in [0.25, 0.3) is 5.91 Å². The van der Waals surface area contributed by atoms with Gasteiger partial charge < -0.3 is 16.0 Å². The third-order valence-corrected chi connectivity index (χ3v) is 3.96. The molecule has 3 N–H and O–H groups in total. The van der Waals surface area contributed by atoms with E-state index in [-0.39, 0.29) is 18.4 Å². The van der Waals surface area contributed by atoms with Crippen LogP contribution in [0, 0.1) is 12.3 Å². The molecular formula is C23H19N3O2. The number of anilines is 3. The molecule has 3 aromatic rings. The van der Waals surface area contributed by atoms with Gasteiger partial charge in [-0.2, -0.15) is 0 Å². The summed E-state index contributed by atoms with van der Waals surface area (Å²) in [6.45, 7) is 0.0443. The molecule has 0 radical (unpaired) electrons. The number of rotatable bonds is 6. The molecule has 0 spiro atoms. The zero-order valence-electron chi connectivity index (χ0n) is 15.1. The number of terminal acetylenes is 1. The fourth-order valence-corrected chi connectivity index (χ4v) is 2.61. The molecule has 0 unspecified atom stereocenters. The van der Waals surface area contributed by atoms with Crippen molar-refractivity contribution in [1.29, 1.82) is 0 Å². The van der Waals surface area contributed by atoms with Gasteiger partial charge in [-0.3, -0.25) is 9.59 Å². The maximum Gasteiger partial charge on any atom is 0.257 e. The fraction of sp³-hybridized carbons (Fsp3) is 0.0435. The van der Waals surface area contributed by atoms with E-state index in [0.717, 1.165) is 11.3 Å². The maximum absolute atomic E-state index is 12.6. The summed E-state index contributed by atoms with van der Waals surface area (Å²) in [7, 11) is 0. The van der Waals surface area contributed by atoms with E-state index >= 15 is 0 Å². The number of amides is 2. The largest absolute Gasteiger partial charge is 0.376 e. The van der Waals surface area contributed by atoms with E-state index in [4.69, 9.17) is 6.42 Å². The van der Waals surface area contributed by atoms with E-state index in [1.54, 1.807) is 42.5 Å². The van der Waals surface area contributed by atoms with Crippen molar-refractivity contribution in [3.8, 4) is 12.3 Å². The molecule has 0 aliphatic carbocycles. The van der Waals surface area contributed by atoms with Gasteiger partial charge in [0.1, 0.15) is 0 Å². The highest BCUT2D eigenvalue weighted by molar-refractivity contribution is 6.10. The number of carbonyl (C=O) groups excluding carboxylic acids is 2. The van der Waals surface area contributed by atoms with Crippen molar-refractivity contribution in [2.75, 3.05) is 22.5 Å². The van der Waals surface area contributed by atoms with E-state index in [1.165, 1.54) is 0 Å². The fourth-order valence-electron chi connectivity index (χ4n) is 2.61. The maximum atomic E-state index is 12.6. The Kier molecular flexibility index (Phi) is 6.06. The van der Waals surface area contributed by atoms with E-state index in [1.807, 2.05) is 36.4 Å². The van der Waals surface area contributed by atoms with Crippen LogP contribution < -0.4 is 16.0 Å². The molecule has 0 bridgehead atoms. The minimum Gasteiger partial charge on any atom is -0.376 e. The number of hydrogen-bond donors (Lipinski definition) is 3. The summed E-state index contributed by atoms with van der Waals surface area (Å²) in [5.74, 6) is 1.98. The first-order valence-electron chi connectivity index (χ1n) is 8.71. The topological polar surface area (TPSA) is 70.2 Å². The summed E-state index contributed by atoms with van der Waals surface area (Å²) in [6, 6.07) is 23.3. The Labute approximate surface area is 163 Å². The van der Waals surface area contributed by atoms with Crippen LogP contribution in [-0.4, -0.2) is 18.4 Å². The third kappa shape index (κ3) is 4.99. The molecule has 0 aliphatic heterocycles. The van der Waals surface area contributed by atoms with Crippen LogP contribution in [0.4, 0.5) is 17.1 Å². The monoisotopic (exact) mass is 369 g/mol. The van der Waals surface area contributed by atoms with Crippen LogP contribution in [-0.2, 0) is 4.79 Å². The Balaban J connectivity index is 1.64. The Morgan fingerprint density at radius 2 is 1.54 bits per heavy atom. The average Bonchev–Trinajstić information content (AvgIpc) is 2.73. The van der Waals surface area contributed by atoms with Crippen molar-refractivity contribution in [2.24, 2.45) is 0 Å². The molecule has 0 aromatic heterocycles. The van der Waals surface area contributed by atoms with Crippen LogP contribution in [0.2, 0.25) is 0 Å². The Morgan fingerprint density at radius 1 is 0.821 bits per heavy atom. The van der Waals surface area contributed by atoms with Gasteiger partial charge in [-0.05, 0) is 42.5 Å². The van der Waals surface area contributed by atoms with Crippen LogP contribution in [0.3, 0.4) is 0 Å². The molecule has 0 saturated heterocycles. The molecule has 0 saturated carbocycles. The van der Waals surface area contributed by atoms with Gasteiger partial charge in [0.15, 0.2) is 0 Å². The van der Waals surface area contributed by atoms with Crippen LogP contribution in [0.1, 0.15) is 15.9 Å². The lowest BCUT2D eigenvalue weighted by Gasteiger charge is -2.12. The number of para-hydroxylation sites is 2. The Hall–Kier alpha value is -4.04. The van der Waals surface area contributed by atoms with E-state index in [2.05, 4.69) is 21.9 Å². The van der Waals surface area contributed by atoms with Crippen molar-refractivity contribution in [1.82, 2.24) is 0 Å². The molecule has 0 heterocycles. The first kappa shape index (κ1) is 18.7. The van der Waals surface area contributed by atoms with Crippen molar-refractivity contribution in [3.63, 3.8) is 0 Å². The molecular weight excluding hydrogens is 350 g/mol. The third-order valence-electron chi connectivity index (χ3n) is 3.96. The SMILES string of the molecule is C#Cc1cccc(NCC(=O)Nc2ccccc2C(=O)Nc2ccccc2)c1. The molecule has 138 valence electrons. The summed E-state index contributed by atoms with van der Waals surface area (Å²) < 4.78 is 0. The second-order valence-electron chi connectivity index (χ2n) is 5.99. The number of carbonyl (C=O) groups is 2. The molecule has 28 heavy (non-hydrogen) atoms. The summed E-state index contributed by atoms with van der Waals surface area (Å²) in [6.07, 6.45) is 5.38. The highest BCUT2D eigenvalue weighted by atomic mass is 16.2. The van der Waals surface area contributed by atoms with Crippen LogP contribution in [0.15, 0.2) is 78.9 Å². The van der Waals surface area contributed by atoms with Crippen LogP contribution in [0.5, 0.6) is 0 Å². The van der Waals surface area contributed by atoms with Gasteiger partial charge in [0.05, 0.1) is 17.8 Å². The minimum atomic E-state index is -0.295. The Bertz CT molecular complexity index is 1020. The molecule has 0 fully saturated rings. The van der Waals surface area contributed by atoms with Gasteiger partial charge in [-0.25, -0.2) is 0 Å². The first-order chi connectivity index (χ1) is 13.7. The second-order valence-corrected chi connectivity index (χ2v) is 5.99. The summed E-state index contributed by atoms with van der Waals surface area (Å²) >= 11 is 0. The molecule has 0 aliphatic rings. The highest BCUT2D eigenvalue weighted by Gasteiger charge is 2.13. The molecule has 3 aromatic carbocycles. The van der Waals surface area contributed by atoms with Crippen molar-refractivity contribution in [2.45, 2.75) is 0 Å². The van der Waals surface area contributed by atoms with Crippen molar-refractivity contribution < 1.29 is 9.59 Å². The molecule has 0 atom stereocenters. The van der Waals surface area contributed by atoms with Gasteiger partial charge in [0.2, 0.25) is 5.91 Å². The number of benzene rings is 3. The zero-order chi connectivity index (χ0) is 19.8. The molecule has 2 amide bonds. The van der Waals surface area contributed by atoms with Gasteiger partial charge >= 0.3 is 0 Å². The average molecular weight is 369 g/mol. The lowest BCUT2D eigenvalue weighted by Crippen LogP contribution is -2.24. The van der Waals surface area contributed by atoms with Crippen LogP contribution >= 0.6 is 0 Å². The van der Waals surface area contributed by atoms with Gasteiger partial charge in [-0.15, -0.1) is 6.42 Å². The van der Waals surface area contributed by atoms with E-state index in [0.29, 0.717) is 16.9 Å².